The molecule has 0 amide bonds. The molecule has 1 aromatic rings. The van der Waals surface area contributed by atoms with Crippen LogP contribution in [-0.4, -0.2) is 22.4 Å². The Morgan fingerprint density at radius 2 is 2.62 bits per heavy atom. The van der Waals surface area contributed by atoms with E-state index in [0.29, 0.717) is 5.69 Å². The molecule has 0 aromatic carbocycles. The molecule has 2 rings (SSSR count). The first-order valence-electron chi connectivity index (χ1n) is 4.64. The zero-order valence-electron chi connectivity index (χ0n) is 7.70. The summed E-state index contributed by atoms with van der Waals surface area (Å²) in [5.41, 5.74) is 0.543. The zero-order valence-corrected chi connectivity index (χ0v) is 7.70. The molecule has 4 heteroatoms. The van der Waals surface area contributed by atoms with Gasteiger partial charge in [0, 0.05) is 19.3 Å². The smallest absolute Gasteiger partial charge is 0.159 e. The highest BCUT2D eigenvalue weighted by molar-refractivity contribution is 5.06. The van der Waals surface area contributed by atoms with E-state index in [-0.39, 0.29) is 6.04 Å². The van der Waals surface area contributed by atoms with Crippen LogP contribution in [0.5, 0.6) is 0 Å². The number of nitrogens with one attached hydrogen (secondary N) is 1. The first-order chi connectivity index (χ1) is 6.27. The maximum Gasteiger partial charge on any atom is 0.159 e. The average Bonchev–Trinajstić information content (AvgIpc) is 2.72. The van der Waals surface area contributed by atoms with Gasteiger partial charge in [-0.2, -0.15) is 5.10 Å². The highest BCUT2D eigenvalue weighted by Crippen LogP contribution is 2.24. The van der Waals surface area contributed by atoms with E-state index in [1.165, 1.54) is 0 Å². The summed E-state index contributed by atoms with van der Waals surface area (Å²) in [4.78, 5) is 0. The third kappa shape index (κ3) is 1.72. The van der Waals surface area contributed by atoms with E-state index in [1.807, 2.05) is 0 Å². The van der Waals surface area contributed by atoms with Crippen LogP contribution in [0.1, 0.15) is 24.7 Å². The van der Waals surface area contributed by atoms with Crippen LogP contribution >= 0.6 is 0 Å². The van der Waals surface area contributed by atoms with Gasteiger partial charge in [0.05, 0.1) is 5.69 Å². The molecule has 1 fully saturated rings. The minimum Gasteiger partial charge on any atom is -0.311 e. The maximum atomic E-state index is 13.7. The molecule has 1 aliphatic heterocycles. The second-order valence-electron chi connectivity index (χ2n) is 3.52. The molecule has 0 aliphatic carbocycles. The highest BCUT2D eigenvalue weighted by atomic mass is 19.1. The first kappa shape index (κ1) is 8.69. The zero-order chi connectivity index (χ0) is 9.26. The molecule has 1 N–H and O–H groups in total. The summed E-state index contributed by atoms with van der Waals surface area (Å²) in [6, 6.07) is 1.71. The van der Waals surface area contributed by atoms with E-state index in [9.17, 15) is 4.39 Å². The van der Waals surface area contributed by atoms with Gasteiger partial charge in [0.25, 0.3) is 0 Å². The van der Waals surface area contributed by atoms with Gasteiger partial charge in [-0.1, -0.05) is 0 Å². The largest absolute Gasteiger partial charge is 0.311 e. The van der Waals surface area contributed by atoms with E-state index in [1.54, 1.807) is 24.0 Å². The van der Waals surface area contributed by atoms with Crippen LogP contribution in [0, 0.1) is 0 Å². The van der Waals surface area contributed by atoms with E-state index in [0.717, 1.165) is 19.4 Å². The Labute approximate surface area is 76.9 Å². The van der Waals surface area contributed by atoms with Gasteiger partial charge < -0.3 is 5.32 Å². The minimum absolute atomic E-state index is 0.0325. The average molecular weight is 183 g/mol. The van der Waals surface area contributed by atoms with Crippen molar-refractivity contribution < 1.29 is 4.39 Å². The van der Waals surface area contributed by atoms with E-state index in [2.05, 4.69) is 10.4 Å². The summed E-state index contributed by atoms with van der Waals surface area (Å²) >= 11 is 0. The lowest BCUT2D eigenvalue weighted by molar-refractivity contribution is 0.263. The molecule has 0 radical (unpaired) electrons. The molecule has 2 atom stereocenters. The molecule has 72 valence electrons. The summed E-state index contributed by atoms with van der Waals surface area (Å²) < 4.78 is 15.4. The van der Waals surface area contributed by atoms with Gasteiger partial charge in [0.15, 0.2) is 6.17 Å². The molecule has 0 saturated carbocycles. The van der Waals surface area contributed by atoms with E-state index in [4.69, 9.17) is 0 Å². The number of aryl methyl sites for hydroxylation is 1. The Morgan fingerprint density at radius 1 is 1.77 bits per heavy atom. The van der Waals surface area contributed by atoms with Gasteiger partial charge in [0.1, 0.15) is 0 Å². The fourth-order valence-corrected chi connectivity index (χ4v) is 1.75. The lowest BCUT2D eigenvalue weighted by Gasteiger charge is -2.13. The summed E-state index contributed by atoms with van der Waals surface area (Å²) in [6.07, 6.45) is 2.80. The lowest BCUT2D eigenvalue weighted by atomic mass is 10.1. The monoisotopic (exact) mass is 183 g/mol. The van der Waals surface area contributed by atoms with Crippen molar-refractivity contribution in [2.24, 2.45) is 7.05 Å². The molecule has 13 heavy (non-hydrogen) atoms. The Morgan fingerprint density at radius 3 is 3.15 bits per heavy atom. The molecule has 0 spiro atoms. The lowest BCUT2D eigenvalue weighted by Crippen LogP contribution is -2.26. The molecule has 2 heterocycles. The summed E-state index contributed by atoms with van der Waals surface area (Å²) in [5.74, 6) is 0. The molecule has 1 saturated heterocycles. The summed E-state index contributed by atoms with van der Waals surface area (Å²) in [7, 11) is 1.80. The Balaban J connectivity index is 2.07. The fourth-order valence-electron chi connectivity index (χ4n) is 1.75. The van der Waals surface area contributed by atoms with Gasteiger partial charge in [-0.3, -0.25) is 4.68 Å². The number of hydrogen-bond acceptors (Lipinski definition) is 2. The standard InChI is InChI=1S/C9H14FN3/c1-13-6-4-8(12-13)9(10)7-3-2-5-11-7/h4,6-7,9,11H,2-3,5H2,1H3. The number of nitrogens with zero attached hydrogens (tertiary/aromatic N) is 2. The number of hydrogen-bond donors (Lipinski definition) is 1. The van der Waals surface area contributed by atoms with Crippen LogP contribution in [0.2, 0.25) is 0 Å². The van der Waals surface area contributed by atoms with Crippen LogP contribution in [0.4, 0.5) is 4.39 Å². The topological polar surface area (TPSA) is 29.9 Å². The van der Waals surface area contributed by atoms with Crippen molar-refractivity contribution in [3.63, 3.8) is 0 Å². The molecular formula is C9H14FN3. The van der Waals surface area contributed by atoms with Crippen LogP contribution in [0.15, 0.2) is 12.3 Å². The van der Waals surface area contributed by atoms with Gasteiger partial charge in [-0.25, -0.2) is 4.39 Å². The van der Waals surface area contributed by atoms with Gasteiger partial charge in [-0.05, 0) is 25.5 Å². The van der Waals surface area contributed by atoms with Crippen molar-refractivity contribution in [3.8, 4) is 0 Å². The molecule has 1 aromatic heterocycles. The molecular weight excluding hydrogens is 169 g/mol. The van der Waals surface area contributed by atoms with E-state index >= 15 is 0 Å². The van der Waals surface area contributed by atoms with Crippen molar-refractivity contribution >= 4 is 0 Å². The van der Waals surface area contributed by atoms with Crippen LogP contribution in [-0.2, 0) is 7.05 Å². The van der Waals surface area contributed by atoms with Crippen LogP contribution in [0.3, 0.4) is 0 Å². The number of rotatable bonds is 2. The maximum absolute atomic E-state index is 13.7. The Hall–Kier alpha value is -0.900. The van der Waals surface area contributed by atoms with Crippen molar-refractivity contribution in [1.29, 1.82) is 0 Å². The van der Waals surface area contributed by atoms with Gasteiger partial charge >= 0.3 is 0 Å². The summed E-state index contributed by atoms with van der Waals surface area (Å²) in [5, 5.41) is 7.20. The predicted octanol–water partition coefficient (Wildman–Crippen LogP) is 1.18. The van der Waals surface area contributed by atoms with E-state index < -0.39 is 6.17 Å². The third-order valence-corrected chi connectivity index (χ3v) is 2.47. The first-order valence-corrected chi connectivity index (χ1v) is 4.64. The Kier molecular flexibility index (Phi) is 2.31. The molecule has 2 unspecified atom stereocenters. The quantitative estimate of drug-likeness (QED) is 0.746. The highest BCUT2D eigenvalue weighted by Gasteiger charge is 2.26. The van der Waals surface area contributed by atoms with Crippen molar-refractivity contribution in [2.45, 2.75) is 25.1 Å². The fraction of sp³-hybridized carbons (Fsp3) is 0.667. The van der Waals surface area contributed by atoms with Gasteiger partial charge in [0.2, 0.25) is 0 Å². The van der Waals surface area contributed by atoms with Crippen LogP contribution < -0.4 is 5.32 Å². The SMILES string of the molecule is Cn1ccc(C(F)C2CCCN2)n1. The van der Waals surface area contributed by atoms with Crippen LogP contribution in [0.25, 0.3) is 0 Å². The van der Waals surface area contributed by atoms with Crippen molar-refractivity contribution in [2.75, 3.05) is 6.54 Å². The normalized spacial score (nSPS) is 24.9. The number of aromatic nitrogens is 2. The third-order valence-electron chi connectivity index (χ3n) is 2.47. The minimum atomic E-state index is -0.955. The second-order valence-corrected chi connectivity index (χ2v) is 3.52. The molecule has 3 nitrogen and oxygen atoms in total. The van der Waals surface area contributed by atoms with Crippen molar-refractivity contribution in [3.05, 3.63) is 18.0 Å². The second kappa shape index (κ2) is 3.46. The molecule has 1 aliphatic rings. The molecule has 0 bridgehead atoms. The predicted molar refractivity (Wildman–Crippen MR) is 48.1 cm³/mol. The number of halogens is 1. The summed E-state index contributed by atoms with van der Waals surface area (Å²) in [6.45, 7) is 0.928. The van der Waals surface area contributed by atoms with Gasteiger partial charge in [-0.15, -0.1) is 0 Å². The Bertz CT molecular complexity index is 278. The number of alkyl halides is 1. The van der Waals surface area contributed by atoms with Crippen molar-refractivity contribution in [1.82, 2.24) is 15.1 Å².